The van der Waals surface area contributed by atoms with Gasteiger partial charge in [-0.2, -0.15) is 13.2 Å². The molecule has 1 aromatic heterocycles. The van der Waals surface area contributed by atoms with Crippen LogP contribution in [0.1, 0.15) is 21.5 Å². The summed E-state index contributed by atoms with van der Waals surface area (Å²) < 4.78 is 39.1. The minimum atomic E-state index is -4.57. The fourth-order valence-corrected chi connectivity index (χ4v) is 3.79. The molecule has 0 fully saturated rings. The van der Waals surface area contributed by atoms with Gasteiger partial charge in [0, 0.05) is 55.5 Å². The van der Waals surface area contributed by atoms with Crippen LogP contribution in [0.3, 0.4) is 0 Å². The summed E-state index contributed by atoms with van der Waals surface area (Å²) >= 11 is 0. The molecule has 4 aromatic rings. The van der Waals surface area contributed by atoms with Crippen molar-refractivity contribution >= 4 is 46.3 Å². The van der Waals surface area contributed by atoms with Crippen molar-refractivity contribution in [1.29, 1.82) is 0 Å². The lowest BCUT2D eigenvalue weighted by molar-refractivity contribution is -0.137. The molecule has 12 heteroatoms. The molecule has 0 atom stereocenters. The molecule has 41 heavy (non-hydrogen) atoms. The SMILES string of the molecule is Cc1ccc(NC(=O)c2cccc(C(F)(F)F)c2)cc1NC(=O)N(C)c1cc(Nc2cccc(N(C)C)c2)ncn1. The van der Waals surface area contributed by atoms with Crippen molar-refractivity contribution in [2.24, 2.45) is 0 Å². The Morgan fingerprint density at radius 3 is 2.32 bits per heavy atom. The molecule has 0 saturated heterocycles. The van der Waals surface area contributed by atoms with Crippen molar-refractivity contribution in [2.75, 3.05) is 46.9 Å². The van der Waals surface area contributed by atoms with Crippen molar-refractivity contribution in [3.63, 3.8) is 0 Å². The number of alkyl halides is 3. The van der Waals surface area contributed by atoms with Crippen LogP contribution in [0.2, 0.25) is 0 Å². The molecule has 0 radical (unpaired) electrons. The fraction of sp³-hybridized carbons (Fsp3) is 0.172. The molecule has 1 heterocycles. The second-order valence-corrected chi connectivity index (χ2v) is 9.38. The number of amides is 3. The van der Waals surface area contributed by atoms with Crippen LogP contribution in [-0.2, 0) is 6.18 Å². The number of nitrogens with one attached hydrogen (secondary N) is 3. The monoisotopic (exact) mass is 563 g/mol. The van der Waals surface area contributed by atoms with E-state index in [1.807, 2.05) is 43.3 Å². The Labute approximate surface area is 235 Å². The number of aromatic nitrogens is 2. The number of benzene rings is 3. The number of nitrogens with zero attached hydrogens (tertiary/aromatic N) is 4. The van der Waals surface area contributed by atoms with Gasteiger partial charge in [-0.1, -0.05) is 18.2 Å². The predicted octanol–water partition coefficient (Wildman–Crippen LogP) is 6.53. The van der Waals surface area contributed by atoms with Crippen LogP contribution in [0.4, 0.5) is 52.4 Å². The number of rotatable bonds is 7. The predicted molar refractivity (Wildman–Crippen MR) is 154 cm³/mol. The lowest BCUT2D eigenvalue weighted by Crippen LogP contribution is -2.32. The van der Waals surface area contributed by atoms with Crippen molar-refractivity contribution in [2.45, 2.75) is 13.1 Å². The van der Waals surface area contributed by atoms with Gasteiger partial charge in [-0.05, 0) is 61.0 Å². The van der Waals surface area contributed by atoms with Gasteiger partial charge in [0.15, 0.2) is 0 Å². The zero-order valence-corrected chi connectivity index (χ0v) is 22.7. The van der Waals surface area contributed by atoms with Crippen LogP contribution in [0.5, 0.6) is 0 Å². The maximum Gasteiger partial charge on any atom is 0.416 e. The zero-order valence-electron chi connectivity index (χ0n) is 22.7. The van der Waals surface area contributed by atoms with Crippen LogP contribution < -0.4 is 25.8 Å². The van der Waals surface area contributed by atoms with E-state index in [1.165, 1.54) is 29.4 Å². The topological polar surface area (TPSA) is 102 Å². The number of hydrogen-bond acceptors (Lipinski definition) is 6. The summed E-state index contributed by atoms with van der Waals surface area (Å²) in [6.07, 6.45) is -3.23. The second-order valence-electron chi connectivity index (χ2n) is 9.38. The Kier molecular flexibility index (Phi) is 8.41. The summed E-state index contributed by atoms with van der Waals surface area (Å²) in [6, 6.07) is 17.8. The largest absolute Gasteiger partial charge is 0.416 e. The van der Waals surface area contributed by atoms with Crippen LogP contribution in [-0.4, -0.2) is 43.0 Å². The Morgan fingerprint density at radius 1 is 0.829 bits per heavy atom. The lowest BCUT2D eigenvalue weighted by atomic mass is 10.1. The number of urea groups is 1. The van der Waals surface area contributed by atoms with Gasteiger partial charge < -0.3 is 20.9 Å². The summed E-state index contributed by atoms with van der Waals surface area (Å²) in [5.74, 6) is 0.0999. The Hall–Kier alpha value is -5.13. The highest BCUT2D eigenvalue weighted by atomic mass is 19.4. The number of hydrogen-bond donors (Lipinski definition) is 3. The Bertz CT molecular complexity index is 1570. The Balaban J connectivity index is 1.45. The highest BCUT2D eigenvalue weighted by Gasteiger charge is 2.31. The van der Waals surface area contributed by atoms with E-state index in [0.29, 0.717) is 28.6 Å². The minimum absolute atomic E-state index is 0.146. The average Bonchev–Trinajstić information content (AvgIpc) is 2.94. The minimum Gasteiger partial charge on any atom is -0.378 e. The van der Waals surface area contributed by atoms with Crippen LogP contribution >= 0.6 is 0 Å². The zero-order chi connectivity index (χ0) is 29.7. The first-order valence-electron chi connectivity index (χ1n) is 12.4. The number of carbonyl (C=O) groups is 2. The van der Waals surface area contributed by atoms with E-state index in [9.17, 15) is 22.8 Å². The van der Waals surface area contributed by atoms with Gasteiger partial charge in [0.2, 0.25) is 0 Å². The summed E-state index contributed by atoms with van der Waals surface area (Å²) in [5.41, 5.74) is 2.15. The fourth-order valence-electron chi connectivity index (χ4n) is 3.79. The molecule has 9 nitrogen and oxygen atoms in total. The molecule has 3 aromatic carbocycles. The van der Waals surface area contributed by atoms with Crippen LogP contribution in [0.15, 0.2) is 79.1 Å². The van der Waals surface area contributed by atoms with Crippen LogP contribution in [0, 0.1) is 6.92 Å². The third-order valence-electron chi connectivity index (χ3n) is 6.13. The van der Waals surface area contributed by atoms with Gasteiger partial charge in [0.25, 0.3) is 5.91 Å². The Morgan fingerprint density at radius 2 is 1.59 bits per heavy atom. The number of carbonyl (C=O) groups excluding carboxylic acids is 2. The summed E-state index contributed by atoms with van der Waals surface area (Å²) in [5, 5.41) is 8.56. The number of halogens is 3. The molecule has 0 unspecified atom stereocenters. The smallest absolute Gasteiger partial charge is 0.378 e. The molecular formula is C29H28F3N7O2. The lowest BCUT2D eigenvalue weighted by Gasteiger charge is -2.19. The molecule has 0 aliphatic rings. The summed E-state index contributed by atoms with van der Waals surface area (Å²) in [6.45, 7) is 1.77. The molecule has 212 valence electrons. The van der Waals surface area contributed by atoms with E-state index >= 15 is 0 Å². The number of anilines is 6. The van der Waals surface area contributed by atoms with Gasteiger partial charge in [-0.25, -0.2) is 14.8 Å². The average molecular weight is 564 g/mol. The summed E-state index contributed by atoms with van der Waals surface area (Å²) in [4.78, 5) is 37.4. The van der Waals surface area contributed by atoms with E-state index in [2.05, 4.69) is 25.9 Å². The van der Waals surface area contributed by atoms with Crippen molar-refractivity contribution in [3.05, 3.63) is 95.8 Å². The molecule has 4 rings (SSSR count). The van der Waals surface area contributed by atoms with Gasteiger partial charge in [-0.15, -0.1) is 0 Å². The van der Waals surface area contributed by atoms with Crippen molar-refractivity contribution < 1.29 is 22.8 Å². The first-order valence-corrected chi connectivity index (χ1v) is 12.4. The van der Waals surface area contributed by atoms with Gasteiger partial charge in [0.05, 0.1) is 5.56 Å². The first kappa shape index (κ1) is 28.9. The van der Waals surface area contributed by atoms with E-state index in [1.54, 1.807) is 32.2 Å². The maximum absolute atomic E-state index is 13.1. The second kappa shape index (κ2) is 11.9. The highest BCUT2D eigenvalue weighted by Crippen LogP contribution is 2.30. The molecular weight excluding hydrogens is 535 g/mol. The first-order chi connectivity index (χ1) is 19.4. The van der Waals surface area contributed by atoms with Crippen molar-refractivity contribution in [3.8, 4) is 0 Å². The standard InChI is InChI=1S/C29H28F3N7O2/c1-18-11-12-22(36-27(40)19-7-5-8-20(13-19)29(30,31)32)15-24(18)37-28(41)39(4)26-16-25(33-17-34-26)35-21-9-6-10-23(14-21)38(2)3/h5-17H,1-4H3,(H,36,40)(H,37,41)(H,33,34,35). The molecule has 0 bridgehead atoms. The molecule has 0 aliphatic carbocycles. The number of aryl methyl sites for hydroxylation is 1. The third kappa shape index (κ3) is 7.29. The molecule has 3 amide bonds. The maximum atomic E-state index is 13.1. The van der Waals surface area contributed by atoms with E-state index in [0.717, 1.165) is 23.5 Å². The normalized spacial score (nSPS) is 11.0. The van der Waals surface area contributed by atoms with Crippen LogP contribution in [0.25, 0.3) is 0 Å². The van der Waals surface area contributed by atoms with E-state index < -0.39 is 23.7 Å². The molecule has 3 N–H and O–H groups in total. The highest BCUT2D eigenvalue weighted by molar-refractivity contribution is 6.05. The van der Waals surface area contributed by atoms with Crippen molar-refractivity contribution in [1.82, 2.24) is 9.97 Å². The van der Waals surface area contributed by atoms with Gasteiger partial charge in [-0.3, -0.25) is 9.69 Å². The van der Waals surface area contributed by atoms with Gasteiger partial charge >= 0.3 is 12.2 Å². The van der Waals surface area contributed by atoms with E-state index in [4.69, 9.17) is 0 Å². The quantitative estimate of drug-likeness (QED) is 0.236. The molecule has 0 aliphatic heterocycles. The molecule has 0 saturated carbocycles. The van der Waals surface area contributed by atoms with Gasteiger partial charge in [0.1, 0.15) is 18.0 Å². The van der Waals surface area contributed by atoms with E-state index in [-0.39, 0.29) is 5.56 Å². The third-order valence-corrected chi connectivity index (χ3v) is 6.13. The molecule has 0 spiro atoms. The summed E-state index contributed by atoms with van der Waals surface area (Å²) in [7, 11) is 5.43.